The zero-order valence-corrected chi connectivity index (χ0v) is 14.6. The minimum absolute atomic E-state index is 0.0465. The van der Waals surface area contributed by atoms with Gasteiger partial charge in [0.05, 0.1) is 17.9 Å². The summed E-state index contributed by atoms with van der Waals surface area (Å²) in [5.41, 5.74) is 2.25. The van der Waals surface area contributed by atoms with Crippen molar-refractivity contribution in [3.05, 3.63) is 47.1 Å². The Morgan fingerprint density at radius 2 is 2.22 bits per heavy atom. The first-order chi connectivity index (χ1) is 11.1. The van der Waals surface area contributed by atoms with E-state index in [4.69, 9.17) is 4.52 Å². The molecule has 2 aromatic rings. The monoisotopic (exact) mass is 333 g/mol. The van der Waals surface area contributed by atoms with E-state index in [2.05, 4.69) is 35.0 Å². The Morgan fingerprint density at radius 3 is 2.96 bits per heavy atom. The van der Waals surface area contributed by atoms with Crippen LogP contribution < -0.4 is 0 Å². The molecule has 1 aromatic heterocycles. The smallest absolute Gasteiger partial charge is 0.240 e. The van der Waals surface area contributed by atoms with Gasteiger partial charge in [0, 0.05) is 6.04 Å². The van der Waals surface area contributed by atoms with E-state index in [-0.39, 0.29) is 11.3 Å². The maximum absolute atomic E-state index is 10.5. The van der Waals surface area contributed by atoms with Crippen molar-refractivity contribution in [1.82, 2.24) is 15.0 Å². The van der Waals surface area contributed by atoms with Crippen LogP contribution in [-0.4, -0.2) is 39.0 Å². The van der Waals surface area contributed by atoms with Gasteiger partial charge in [-0.3, -0.25) is 4.90 Å². The van der Waals surface area contributed by atoms with E-state index >= 15 is 0 Å². The Hall–Kier alpha value is -1.37. The molecule has 0 radical (unpaired) electrons. The lowest BCUT2D eigenvalue weighted by molar-refractivity contribution is 0.0664. The van der Waals surface area contributed by atoms with Crippen molar-refractivity contribution in [2.45, 2.75) is 44.2 Å². The van der Waals surface area contributed by atoms with Crippen LogP contribution in [0, 0.1) is 0 Å². The summed E-state index contributed by atoms with van der Waals surface area (Å²) < 4.78 is 5.38. The number of hydrogen-bond acceptors (Lipinski definition) is 6. The van der Waals surface area contributed by atoms with E-state index in [1.165, 1.54) is 5.56 Å². The predicted molar refractivity (Wildman–Crippen MR) is 91.2 cm³/mol. The first kappa shape index (κ1) is 16.5. The number of rotatable bonds is 6. The van der Waals surface area contributed by atoms with Gasteiger partial charge in [0.25, 0.3) is 0 Å². The zero-order chi connectivity index (χ0) is 16.4. The molecule has 0 fully saturated rings. The molecule has 1 N–H and O–H groups in total. The highest BCUT2D eigenvalue weighted by atomic mass is 32.2. The van der Waals surface area contributed by atoms with Gasteiger partial charge < -0.3 is 9.63 Å². The van der Waals surface area contributed by atoms with Gasteiger partial charge in [-0.2, -0.15) is 16.7 Å². The van der Waals surface area contributed by atoms with Gasteiger partial charge in [-0.25, -0.2) is 0 Å². The van der Waals surface area contributed by atoms with E-state index in [9.17, 15) is 5.11 Å². The fourth-order valence-electron chi connectivity index (χ4n) is 3.10. The molecule has 1 aliphatic carbocycles. The van der Waals surface area contributed by atoms with Gasteiger partial charge in [-0.15, -0.1) is 0 Å². The summed E-state index contributed by atoms with van der Waals surface area (Å²) in [6, 6.07) is 8.13. The quantitative estimate of drug-likeness (QED) is 0.877. The lowest BCUT2D eigenvalue weighted by atomic mass is 10.1. The van der Waals surface area contributed by atoms with Gasteiger partial charge in [-0.1, -0.05) is 36.3 Å². The van der Waals surface area contributed by atoms with Gasteiger partial charge in [0.2, 0.25) is 5.89 Å². The number of aliphatic hydroxyl groups excluding tert-OH is 1. The largest absolute Gasteiger partial charge is 0.387 e. The number of likely N-dealkylation sites (N-methyl/N-ethyl adjacent to an activating group) is 1. The van der Waals surface area contributed by atoms with Crippen LogP contribution in [-0.2, 0) is 13.0 Å². The normalized spacial score (nSPS) is 21.6. The summed E-state index contributed by atoms with van der Waals surface area (Å²) in [6.07, 6.45) is 0.380. The summed E-state index contributed by atoms with van der Waals surface area (Å²) in [5, 5.41) is 14.9. The lowest BCUT2D eigenvalue weighted by Crippen LogP contribution is -2.34. The molecule has 6 heteroatoms. The number of thioether (sulfide) groups is 1. The summed E-state index contributed by atoms with van der Waals surface area (Å²) >= 11 is 1.80. The second-order valence-electron chi connectivity index (χ2n) is 5.97. The summed E-state index contributed by atoms with van der Waals surface area (Å²) in [6.45, 7) is 4.76. The third kappa shape index (κ3) is 3.44. The molecule has 0 spiro atoms. The number of hydrogen-bond donors (Lipinski definition) is 1. The SMILES string of the molecule is CCSC(C)c1noc(CN(C)C2Cc3ccccc3C2O)n1. The van der Waals surface area contributed by atoms with E-state index in [0.29, 0.717) is 12.4 Å². The first-order valence-electron chi connectivity index (χ1n) is 8.00. The van der Waals surface area contributed by atoms with Crippen molar-refractivity contribution in [2.24, 2.45) is 0 Å². The molecule has 1 aliphatic rings. The van der Waals surface area contributed by atoms with Crippen LogP contribution in [0.15, 0.2) is 28.8 Å². The molecule has 3 atom stereocenters. The van der Waals surface area contributed by atoms with Gasteiger partial charge in [0.15, 0.2) is 5.82 Å². The number of aromatic nitrogens is 2. The maximum atomic E-state index is 10.5. The number of aliphatic hydroxyl groups is 1. The highest BCUT2D eigenvalue weighted by Crippen LogP contribution is 2.34. The van der Waals surface area contributed by atoms with Crippen LogP contribution in [0.2, 0.25) is 0 Å². The third-order valence-electron chi connectivity index (χ3n) is 4.38. The van der Waals surface area contributed by atoms with Crippen molar-refractivity contribution < 1.29 is 9.63 Å². The molecule has 5 nitrogen and oxygen atoms in total. The number of nitrogens with zero attached hydrogens (tertiary/aromatic N) is 3. The van der Waals surface area contributed by atoms with Crippen molar-refractivity contribution in [3.63, 3.8) is 0 Å². The molecule has 0 amide bonds. The minimum Gasteiger partial charge on any atom is -0.387 e. The second-order valence-corrected chi connectivity index (χ2v) is 7.59. The number of fused-ring (bicyclic) bond motifs is 1. The van der Waals surface area contributed by atoms with Crippen LogP contribution in [0.5, 0.6) is 0 Å². The molecule has 23 heavy (non-hydrogen) atoms. The Labute approximate surface area is 141 Å². The van der Waals surface area contributed by atoms with Crippen LogP contribution in [0.1, 0.15) is 48.0 Å². The zero-order valence-electron chi connectivity index (χ0n) is 13.8. The molecule has 0 saturated heterocycles. The average Bonchev–Trinajstić information content (AvgIpc) is 3.13. The van der Waals surface area contributed by atoms with E-state index < -0.39 is 6.10 Å². The highest BCUT2D eigenvalue weighted by Gasteiger charge is 2.33. The van der Waals surface area contributed by atoms with Crippen LogP contribution in [0.3, 0.4) is 0 Å². The molecule has 0 saturated carbocycles. The fourth-order valence-corrected chi connectivity index (χ4v) is 3.85. The molecular weight excluding hydrogens is 310 g/mol. The van der Waals surface area contributed by atoms with E-state index in [0.717, 1.165) is 23.6 Å². The third-order valence-corrected chi connectivity index (χ3v) is 5.43. The van der Waals surface area contributed by atoms with E-state index in [1.807, 2.05) is 25.2 Å². The number of benzene rings is 1. The molecule has 124 valence electrons. The van der Waals surface area contributed by atoms with Crippen molar-refractivity contribution in [2.75, 3.05) is 12.8 Å². The summed E-state index contributed by atoms with van der Waals surface area (Å²) in [7, 11) is 1.99. The maximum Gasteiger partial charge on any atom is 0.240 e. The Bertz CT molecular complexity index is 661. The van der Waals surface area contributed by atoms with Crippen LogP contribution >= 0.6 is 11.8 Å². The van der Waals surface area contributed by atoms with Gasteiger partial charge >= 0.3 is 0 Å². The summed E-state index contributed by atoms with van der Waals surface area (Å²) in [5.74, 6) is 2.38. The van der Waals surface area contributed by atoms with Crippen molar-refractivity contribution >= 4 is 11.8 Å². The molecule has 0 bridgehead atoms. The van der Waals surface area contributed by atoms with E-state index in [1.54, 1.807) is 11.8 Å². The standard InChI is InChI=1S/C17H23N3O2S/c1-4-23-11(2)17-18-15(22-19-17)10-20(3)14-9-12-7-5-6-8-13(12)16(14)21/h5-8,11,14,16,21H,4,9-10H2,1-3H3. The van der Waals surface area contributed by atoms with Gasteiger partial charge in [-0.05, 0) is 37.3 Å². The van der Waals surface area contributed by atoms with Crippen LogP contribution in [0.25, 0.3) is 0 Å². The lowest BCUT2D eigenvalue weighted by Gasteiger charge is -2.25. The molecule has 1 heterocycles. The molecule has 0 aliphatic heterocycles. The Kier molecular flexibility index (Phi) is 5.04. The molecular formula is C17H23N3O2S. The van der Waals surface area contributed by atoms with Crippen molar-refractivity contribution in [3.8, 4) is 0 Å². The highest BCUT2D eigenvalue weighted by molar-refractivity contribution is 7.99. The van der Waals surface area contributed by atoms with Crippen molar-refractivity contribution in [1.29, 1.82) is 0 Å². The fraction of sp³-hybridized carbons (Fsp3) is 0.529. The second kappa shape index (κ2) is 7.03. The predicted octanol–water partition coefficient (Wildman–Crippen LogP) is 2.97. The Balaban J connectivity index is 1.65. The Morgan fingerprint density at radius 1 is 1.43 bits per heavy atom. The van der Waals surface area contributed by atoms with Crippen LogP contribution in [0.4, 0.5) is 0 Å². The average molecular weight is 333 g/mol. The molecule has 3 unspecified atom stereocenters. The molecule has 3 rings (SSSR count). The molecule has 1 aromatic carbocycles. The minimum atomic E-state index is -0.465. The summed E-state index contributed by atoms with van der Waals surface area (Å²) in [4.78, 5) is 6.59. The van der Waals surface area contributed by atoms with Gasteiger partial charge in [0.1, 0.15) is 0 Å². The topological polar surface area (TPSA) is 62.4 Å². The first-order valence-corrected chi connectivity index (χ1v) is 9.05.